The van der Waals surface area contributed by atoms with Crippen molar-refractivity contribution in [3.05, 3.63) is 93.2 Å². The lowest BCUT2D eigenvalue weighted by atomic mass is 10.1. The van der Waals surface area contributed by atoms with Crippen molar-refractivity contribution in [3.8, 4) is 11.5 Å². The molecule has 4 amide bonds. The van der Waals surface area contributed by atoms with Crippen molar-refractivity contribution in [1.82, 2.24) is 5.32 Å². The van der Waals surface area contributed by atoms with E-state index in [1.165, 1.54) is 18.2 Å². The van der Waals surface area contributed by atoms with E-state index in [1.807, 2.05) is 38.1 Å². The Kier molecular flexibility index (Phi) is 7.49. The number of carbonyl (C=O) groups excluding carboxylic acids is 3. The molecule has 1 fully saturated rings. The Morgan fingerprint density at radius 3 is 2.42 bits per heavy atom. The number of hydrogen-bond acceptors (Lipinski definition) is 5. The van der Waals surface area contributed by atoms with E-state index >= 15 is 0 Å². The number of anilines is 1. The highest BCUT2D eigenvalue weighted by Crippen LogP contribution is 2.36. The molecule has 0 atom stereocenters. The predicted octanol–water partition coefficient (Wildman–Crippen LogP) is 5.54. The highest BCUT2D eigenvalue weighted by atomic mass is 79.9. The van der Waals surface area contributed by atoms with Crippen LogP contribution in [-0.4, -0.2) is 24.5 Å². The van der Waals surface area contributed by atoms with Crippen LogP contribution in [0.5, 0.6) is 11.5 Å². The van der Waals surface area contributed by atoms with Gasteiger partial charge in [-0.3, -0.25) is 14.9 Å². The van der Waals surface area contributed by atoms with Crippen LogP contribution in [0.1, 0.15) is 23.6 Å². The van der Waals surface area contributed by atoms with Crippen LogP contribution in [0.3, 0.4) is 0 Å². The largest absolute Gasteiger partial charge is 0.490 e. The normalized spacial score (nSPS) is 14.7. The number of carbonyl (C=O) groups is 3. The maximum absolute atomic E-state index is 13.3. The van der Waals surface area contributed by atoms with Crippen molar-refractivity contribution in [3.63, 3.8) is 0 Å². The summed E-state index contributed by atoms with van der Waals surface area (Å²) < 4.78 is 25.6. The summed E-state index contributed by atoms with van der Waals surface area (Å²) in [6, 6.07) is 15.2. The molecular weight excluding hydrogens is 531 g/mol. The van der Waals surface area contributed by atoms with Crippen LogP contribution in [0.4, 0.5) is 14.9 Å². The molecule has 0 spiro atoms. The van der Waals surface area contributed by atoms with E-state index < -0.39 is 23.7 Å². The fourth-order valence-corrected chi connectivity index (χ4v) is 4.08. The maximum Gasteiger partial charge on any atom is 0.335 e. The predicted molar refractivity (Wildman–Crippen MR) is 136 cm³/mol. The molecule has 3 aromatic carbocycles. The minimum absolute atomic E-state index is 0.131. The Morgan fingerprint density at radius 2 is 1.72 bits per heavy atom. The van der Waals surface area contributed by atoms with Crippen molar-refractivity contribution in [2.75, 3.05) is 11.5 Å². The summed E-state index contributed by atoms with van der Waals surface area (Å²) >= 11 is 3.47. The first kappa shape index (κ1) is 25.1. The fourth-order valence-electron chi connectivity index (χ4n) is 3.64. The van der Waals surface area contributed by atoms with Gasteiger partial charge in [0.2, 0.25) is 0 Å². The minimum Gasteiger partial charge on any atom is -0.490 e. The SMILES string of the molecule is CCOc1cc(/C=C2\C(=O)NC(=O)N(c3ccc(F)cc3)C2=O)c(Br)cc1OCc1cccc(C)c1. The zero-order valence-electron chi connectivity index (χ0n) is 19.5. The molecule has 1 heterocycles. The van der Waals surface area contributed by atoms with Gasteiger partial charge in [0.15, 0.2) is 11.5 Å². The number of rotatable bonds is 7. The third kappa shape index (κ3) is 5.46. The van der Waals surface area contributed by atoms with Crippen LogP contribution >= 0.6 is 15.9 Å². The molecule has 1 saturated heterocycles. The number of barbiturate groups is 1. The lowest BCUT2D eigenvalue weighted by Gasteiger charge is -2.26. The van der Waals surface area contributed by atoms with Crippen LogP contribution in [-0.2, 0) is 16.2 Å². The smallest absolute Gasteiger partial charge is 0.335 e. The zero-order chi connectivity index (χ0) is 25.8. The first-order valence-electron chi connectivity index (χ1n) is 11.1. The van der Waals surface area contributed by atoms with Crippen LogP contribution in [0.2, 0.25) is 0 Å². The van der Waals surface area contributed by atoms with Gasteiger partial charge in [0.05, 0.1) is 12.3 Å². The van der Waals surface area contributed by atoms with Crippen LogP contribution in [0.15, 0.2) is 70.7 Å². The molecule has 1 N–H and O–H groups in total. The van der Waals surface area contributed by atoms with Crippen molar-refractivity contribution in [2.24, 2.45) is 0 Å². The summed E-state index contributed by atoms with van der Waals surface area (Å²) in [7, 11) is 0. The topological polar surface area (TPSA) is 84.9 Å². The average Bonchev–Trinajstić information content (AvgIpc) is 2.83. The number of nitrogens with one attached hydrogen (secondary N) is 1. The third-order valence-corrected chi connectivity index (χ3v) is 6.01. The second-order valence-electron chi connectivity index (χ2n) is 7.97. The number of halogens is 2. The maximum atomic E-state index is 13.3. The second kappa shape index (κ2) is 10.7. The van der Waals surface area contributed by atoms with Gasteiger partial charge in [-0.1, -0.05) is 45.8 Å². The summed E-state index contributed by atoms with van der Waals surface area (Å²) in [6.07, 6.45) is 1.36. The number of benzene rings is 3. The molecule has 7 nitrogen and oxygen atoms in total. The molecule has 4 rings (SSSR count). The molecule has 0 radical (unpaired) electrons. The Hall–Kier alpha value is -3.98. The number of ether oxygens (including phenoxy) is 2. The van der Waals surface area contributed by atoms with Gasteiger partial charge in [0.1, 0.15) is 18.0 Å². The lowest BCUT2D eigenvalue weighted by molar-refractivity contribution is -0.122. The number of amides is 4. The first-order chi connectivity index (χ1) is 17.3. The van der Waals surface area contributed by atoms with Gasteiger partial charge in [0, 0.05) is 4.47 Å². The van der Waals surface area contributed by atoms with Crippen molar-refractivity contribution in [2.45, 2.75) is 20.5 Å². The summed E-state index contributed by atoms with van der Waals surface area (Å²) in [5.74, 6) is -1.29. The van der Waals surface area contributed by atoms with Gasteiger partial charge in [-0.2, -0.15) is 0 Å². The Balaban J connectivity index is 1.66. The van der Waals surface area contributed by atoms with Gasteiger partial charge < -0.3 is 9.47 Å². The standard InChI is InChI=1S/C27H22BrFN2O5/c1-3-35-23-13-18(22(28)14-24(23)36-15-17-6-4-5-16(2)11-17)12-21-25(32)30-27(34)31(26(21)33)20-9-7-19(29)8-10-20/h4-14H,3,15H2,1-2H3,(H,30,32,34)/b21-12+. The summed E-state index contributed by atoms with van der Waals surface area (Å²) in [4.78, 5) is 38.8. The zero-order valence-corrected chi connectivity index (χ0v) is 21.1. The van der Waals surface area contributed by atoms with Crippen LogP contribution in [0, 0.1) is 12.7 Å². The third-order valence-electron chi connectivity index (χ3n) is 5.33. The number of hydrogen-bond donors (Lipinski definition) is 1. The summed E-state index contributed by atoms with van der Waals surface area (Å²) in [5, 5.41) is 2.15. The molecule has 36 heavy (non-hydrogen) atoms. The molecule has 1 aliphatic heterocycles. The van der Waals surface area contributed by atoms with Crippen molar-refractivity contribution >= 4 is 45.5 Å². The number of imide groups is 2. The quantitative estimate of drug-likeness (QED) is 0.307. The fraction of sp³-hybridized carbons (Fsp3) is 0.148. The molecule has 0 unspecified atom stereocenters. The molecule has 0 saturated carbocycles. The molecular formula is C27H22BrFN2O5. The Morgan fingerprint density at radius 1 is 1.00 bits per heavy atom. The molecule has 0 aromatic heterocycles. The van der Waals surface area contributed by atoms with E-state index in [1.54, 1.807) is 12.1 Å². The second-order valence-corrected chi connectivity index (χ2v) is 8.82. The average molecular weight is 553 g/mol. The number of aryl methyl sites for hydroxylation is 1. The molecule has 0 bridgehead atoms. The van der Waals surface area contributed by atoms with Crippen LogP contribution in [0.25, 0.3) is 6.08 Å². The summed E-state index contributed by atoms with van der Waals surface area (Å²) in [5.41, 5.74) is 2.44. The Bertz CT molecular complexity index is 1370. The van der Waals surface area contributed by atoms with E-state index in [0.29, 0.717) is 34.7 Å². The molecule has 184 valence electrons. The van der Waals surface area contributed by atoms with Gasteiger partial charge in [0.25, 0.3) is 11.8 Å². The molecule has 3 aromatic rings. The van der Waals surface area contributed by atoms with E-state index in [9.17, 15) is 18.8 Å². The van der Waals surface area contributed by atoms with E-state index in [4.69, 9.17) is 9.47 Å². The highest BCUT2D eigenvalue weighted by molar-refractivity contribution is 9.10. The highest BCUT2D eigenvalue weighted by Gasteiger charge is 2.37. The van der Waals surface area contributed by atoms with E-state index in [-0.39, 0.29) is 11.3 Å². The number of urea groups is 1. The van der Waals surface area contributed by atoms with E-state index in [2.05, 4.69) is 21.2 Å². The monoisotopic (exact) mass is 552 g/mol. The molecule has 0 aliphatic carbocycles. The van der Waals surface area contributed by atoms with Gasteiger partial charge in [-0.15, -0.1) is 0 Å². The number of nitrogens with zero attached hydrogens (tertiary/aromatic N) is 1. The van der Waals surface area contributed by atoms with Crippen molar-refractivity contribution < 1.29 is 28.2 Å². The Labute approximate surface area is 215 Å². The van der Waals surface area contributed by atoms with E-state index in [0.717, 1.165) is 28.2 Å². The molecule has 1 aliphatic rings. The minimum atomic E-state index is -0.914. The summed E-state index contributed by atoms with van der Waals surface area (Å²) in [6.45, 7) is 4.52. The van der Waals surface area contributed by atoms with Gasteiger partial charge >= 0.3 is 6.03 Å². The van der Waals surface area contributed by atoms with Crippen LogP contribution < -0.4 is 19.7 Å². The first-order valence-corrected chi connectivity index (χ1v) is 11.9. The van der Waals surface area contributed by atoms with Gasteiger partial charge in [-0.05, 0) is 67.4 Å². The van der Waals surface area contributed by atoms with Gasteiger partial charge in [-0.25, -0.2) is 14.1 Å². The molecule has 9 heteroatoms. The lowest BCUT2D eigenvalue weighted by Crippen LogP contribution is -2.54. The van der Waals surface area contributed by atoms with Crippen molar-refractivity contribution in [1.29, 1.82) is 0 Å².